The summed E-state index contributed by atoms with van der Waals surface area (Å²) in [5.74, 6) is 1.35. The molecule has 0 radical (unpaired) electrons. The van der Waals surface area contributed by atoms with E-state index in [1.165, 1.54) is 0 Å². The van der Waals surface area contributed by atoms with Crippen LogP contribution in [0.2, 0.25) is 0 Å². The van der Waals surface area contributed by atoms with Crippen LogP contribution in [-0.4, -0.2) is 40.6 Å². The molecule has 0 aliphatic carbocycles. The minimum absolute atomic E-state index is 0.0910. The van der Waals surface area contributed by atoms with Crippen molar-refractivity contribution in [2.75, 3.05) is 40.6 Å². The summed E-state index contributed by atoms with van der Waals surface area (Å²) < 4.78 is 21.7. The number of ether oxygens (including phenoxy) is 4. The first-order valence-electron chi connectivity index (χ1n) is 6.16. The number of hydrogen-bond donors (Lipinski definition) is 0. The molecule has 0 spiro atoms. The number of hydrogen-bond acceptors (Lipinski definition) is 4. The largest absolute Gasteiger partial charge is 0.496 e. The zero-order valence-corrected chi connectivity index (χ0v) is 10.9. The molecule has 1 aromatic rings. The van der Waals surface area contributed by atoms with Crippen LogP contribution >= 0.6 is 0 Å². The second-order valence-electron chi connectivity index (χ2n) is 4.42. The van der Waals surface area contributed by atoms with Gasteiger partial charge >= 0.3 is 0 Å². The molecule has 18 heavy (non-hydrogen) atoms. The quantitative estimate of drug-likeness (QED) is 0.744. The van der Waals surface area contributed by atoms with Crippen molar-refractivity contribution in [1.82, 2.24) is 0 Å². The van der Waals surface area contributed by atoms with Crippen LogP contribution in [0.25, 0.3) is 0 Å². The first-order valence-corrected chi connectivity index (χ1v) is 6.16. The van der Waals surface area contributed by atoms with Gasteiger partial charge in [-0.2, -0.15) is 0 Å². The highest BCUT2D eigenvalue weighted by Crippen LogP contribution is 2.28. The van der Waals surface area contributed by atoms with Crippen molar-refractivity contribution in [2.45, 2.75) is 6.10 Å². The van der Waals surface area contributed by atoms with Gasteiger partial charge in [0.05, 0.1) is 33.5 Å². The molecule has 0 aromatic heterocycles. The van der Waals surface area contributed by atoms with Gasteiger partial charge in [0.15, 0.2) is 0 Å². The van der Waals surface area contributed by atoms with Gasteiger partial charge in [0.2, 0.25) is 0 Å². The summed E-state index contributed by atoms with van der Waals surface area (Å²) >= 11 is 0. The van der Waals surface area contributed by atoms with Gasteiger partial charge in [-0.25, -0.2) is 0 Å². The molecule has 1 saturated heterocycles. The predicted molar refractivity (Wildman–Crippen MR) is 67.9 cm³/mol. The fourth-order valence-electron chi connectivity index (χ4n) is 1.94. The van der Waals surface area contributed by atoms with Crippen molar-refractivity contribution in [2.24, 2.45) is 5.92 Å². The zero-order valence-electron chi connectivity index (χ0n) is 10.9. The Morgan fingerprint density at radius 1 is 1.28 bits per heavy atom. The van der Waals surface area contributed by atoms with E-state index in [2.05, 4.69) is 0 Å². The summed E-state index contributed by atoms with van der Waals surface area (Å²) in [5.41, 5.74) is 1.03. The maximum absolute atomic E-state index is 5.93. The molecule has 1 fully saturated rings. The lowest BCUT2D eigenvalue weighted by molar-refractivity contribution is -0.0984. The molecule has 1 aromatic carbocycles. The van der Waals surface area contributed by atoms with Gasteiger partial charge in [0, 0.05) is 18.6 Å². The average Bonchev–Trinajstić information content (AvgIpc) is 2.36. The Morgan fingerprint density at radius 2 is 2.06 bits per heavy atom. The lowest BCUT2D eigenvalue weighted by Gasteiger charge is -2.28. The van der Waals surface area contributed by atoms with Crippen LogP contribution in [0.15, 0.2) is 24.3 Å². The summed E-state index contributed by atoms with van der Waals surface area (Å²) in [7, 11) is 3.35. The van der Waals surface area contributed by atoms with Crippen LogP contribution in [0, 0.1) is 5.92 Å². The molecule has 1 unspecified atom stereocenters. The van der Waals surface area contributed by atoms with Gasteiger partial charge in [0.25, 0.3) is 0 Å². The highest BCUT2D eigenvalue weighted by molar-refractivity contribution is 5.35. The fraction of sp³-hybridized carbons (Fsp3) is 0.571. The normalized spacial score (nSPS) is 17.2. The van der Waals surface area contributed by atoms with E-state index < -0.39 is 0 Å². The number of para-hydroxylation sites is 1. The highest BCUT2D eigenvalue weighted by atomic mass is 16.5. The van der Waals surface area contributed by atoms with E-state index in [-0.39, 0.29) is 6.10 Å². The van der Waals surface area contributed by atoms with E-state index in [1.54, 1.807) is 14.2 Å². The molecular formula is C14H20O4. The Morgan fingerprint density at radius 3 is 2.67 bits per heavy atom. The third kappa shape index (κ3) is 3.22. The third-order valence-corrected chi connectivity index (χ3v) is 3.04. The van der Waals surface area contributed by atoms with Gasteiger partial charge in [-0.3, -0.25) is 0 Å². The van der Waals surface area contributed by atoms with Gasteiger partial charge in [-0.15, -0.1) is 0 Å². The van der Waals surface area contributed by atoms with Crippen molar-refractivity contribution in [3.05, 3.63) is 29.8 Å². The summed E-state index contributed by atoms with van der Waals surface area (Å²) in [6.07, 6.45) is -0.0910. The Bertz CT molecular complexity index is 363. The average molecular weight is 252 g/mol. The van der Waals surface area contributed by atoms with Crippen molar-refractivity contribution < 1.29 is 18.9 Å². The standard InChI is InChI=1S/C14H20O4/c1-15-10-14(18-9-11-7-17-8-11)12-5-3-4-6-13(12)16-2/h3-6,11,14H,7-10H2,1-2H3. The van der Waals surface area contributed by atoms with E-state index in [4.69, 9.17) is 18.9 Å². The van der Waals surface area contributed by atoms with E-state index >= 15 is 0 Å². The van der Waals surface area contributed by atoms with Crippen LogP contribution in [0.4, 0.5) is 0 Å². The van der Waals surface area contributed by atoms with Crippen LogP contribution in [0.3, 0.4) is 0 Å². The van der Waals surface area contributed by atoms with Crippen LogP contribution in [0.5, 0.6) is 5.75 Å². The number of rotatable bonds is 7. The molecular weight excluding hydrogens is 232 g/mol. The van der Waals surface area contributed by atoms with Gasteiger partial charge < -0.3 is 18.9 Å². The Hall–Kier alpha value is -1.10. The molecule has 4 heteroatoms. The molecule has 0 bridgehead atoms. The minimum Gasteiger partial charge on any atom is -0.496 e. The van der Waals surface area contributed by atoms with E-state index in [0.29, 0.717) is 19.1 Å². The SMILES string of the molecule is COCC(OCC1COC1)c1ccccc1OC. The molecule has 4 nitrogen and oxygen atoms in total. The van der Waals surface area contributed by atoms with Crippen molar-refractivity contribution in [1.29, 1.82) is 0 Å². The summed E-state index contributed by atoms with van der Waals surface area (Å²) in [6.45, 7) is 2.82. The zero-order chi connectivity index (χ0) is 12.8. The van der Waals surface area contributed by atoms with E-state index in [9.17, 15) is 0 Å². The molecule has 1 aliphatic heterocycles. The Balaban J connectivity index is 2.02. The lowest BCUT2D eigenvalue weighted by atomic mass is 10.1. The smallest absolute Gasteiger partial charge is 0.124 e. The second-order valence-corrected chi connectivity index (χ2v) is 4.42. The number of methoxy groups -OCH3 is 2. The van der Waals surface area contributed by atoms with Crippen molar-refractivity contribution in [3.8, 4) is 5.75 Å². The fourth-order valence-corrected chi connectivity index (χ4v) is 1.94. The summed E-state index contributed by atoms with van der Waals surface area (Å²) in [6, 6.07) is 7.88. The molecule has 1 heterocycles. The molecule has 1 atom stereocenters. The molecule has 100 valence electrons. The third-order valence-electron chi connectivity index (χ3n) is 3.04. The first-order chi connectivity index (χ1) is 8.85. The summed E-state index contributed by atoms with van der Waals surface area (Å²) in [5, 5.41) is 0. The maximum Gasteiger partial charge on any atom is 0.124 e. The first kappa shape index (κ1) is 13.3. The van der Waals surface area contributed by atoms with Crippen LogP contribution in [-0.2, 0) is 14.2 Å². The monoisotopic (exact) mass is 252 g/mol. The maximum atomic E-state index is 5.93. The van der Waals surface area contributed by atoms with Crippen molar-refractivity contribution >= 4 is 0 Å². The van der Waals surface area contributed by atoms with Crippen LogP contribution < -0.4 is 4.74 Å². The topological polar surface area (TPSA) is 36.9 Å². The van der Waals surface area contributed by atoms with Gasteiger partial charge in [-0.05, 0) is 6.07 Å². The molecule has 1 aliphatic rings. The molecule has 0 amide bonds. The van der Waals surface area contributed by atoms with E-state index in [1.807, 2.05) is 24.3 Å². The molecule has 0 saturated carbocycles. The summed E-state index contributed by atoms with van der Waals surface area (Å²) in [4.78, 5) is 0. The molecule has 2 rings (SSSR count). The van der Waals surface area contributed by atoms with Crippen LogP contribution in [0.1, 0.15) is 11.7 Å². The van der Waals surface area contributed by atoms with Gasteiger partial charge in [-0.1, -0.05) is 18.2 Å². The lowest BCUT2D eigenvalue weighted by Crippen LogP contribution is -2.32. The van der Waals surface area contributed by atoms with Gasteiger partial charge in [0.1, 0.15) is 11.9 Å². The molecule has 0 N–H and O–H groups in total. The minimum atomic E-state index is -0.0910. The van der Waals surface area contributed by atoms with Crippen molar-refractivity contribution in [3.63, 3.8) is 0 Å². The van der Waals surface area contributed by atoms with E-state index in [0.717, 1.165) is 24.5 Å². The highest BCUT2D eigenvalue weighted by Gasteiger charge is 2.22. The Kier molecular flexibility index (Phi) is 4.99. The Labute approximate surface area is 108 Å². The number of benzene rings is 1. The second kappa shape index (κ2) is 6.73. The predicted octanol–water partition coefficient (Wildman–Crippen LogP) is 2.05.